The van der Waals surface area contributed by atoms with Crippen LogP contribution in [-0.4, -0.2) is 40.6 Å². The van der Waals surface area contributed by atoms with E-state index >= 15 is 0 Å². The van der Waals surface area contributed by atoms with Gasteiger partial charge in [0, 0.05) is 31.1 Å². The van der Waals surface area contributed by atoms with Crippen molar-refractivity contribution < 1.29 is 12.8 Å². The van der Waals surface area contributed by atoms with Crippen LogP contribution in [0.3, 0.4) is 0 Å². The molecule has 102 valence electrons. The summed E-state index contributed by atoms with van der Waals surface area (Å²) in [4.78, 5) is 1.75. The van der Waals surface area contributed by atoms with E-state index in [1.165, 1.54) is 12.3 Å². The molecule has 1 rings (SSSR count). The number of anilines is 1. The van der Waals surface area contributed by atoms with Crippen molar-refractivity contribution in [2.24, 2.45) is 5.73 Å². The molecule has 0 spiro atoms. The van der Waals surface area contributed by atoms with Gasteiger partial charge in [-0.2, -0.15) is 0 Å². The van der Waals surface area contributed by atoms with E-state index in [-0.39, 0.29) is 11.6 Å². The predicted octanol–water partition coefficient (Wildman–Crippen LogP) is 0.808. The highest BCUT2D eigenvalue weighted by atomic mass is 32.2. The molecule has 0 heterocycles. The second-order valence-corrected chi connectivity index (χ2v) is 6.59. The summed E-state index contributed by atoms with van der Waals surface area (Å²) in [5.74, 6) is -0.258. The van der Waals surface area contributed by atoms with Gasteiger partial charge in [-0.05, 0) is 25.1 Å². The van der Waals surface area contributed by atoms with E-state index in [4.69, 9.17) is 5.73 Å². The van der Waals surface area contributed by atoms with Crippen molar-refractivity contribution in [3.63, 3.8) is 0 Å². The Bertz CT molecular complexity index is 503. The number of hydrogen-bond donors (Lipinski definition) is 1. The summed E-state index contributed by atoms with van der Waals surface area (Å²) >= 11 is 0. The average molecular weight is 274 g/mol. The number of hydrogen-bond acceptors (Lipinski definition) is 4. The van der Waals surface area contributed by atoms with Crippen LogP contribution in [0.4, 0.5) is 10.1 Å². The van der Waals surface area contributed by atoms with Crippen LogP contribution in [0.25, 0.3) is 0 Å². The minimum Gasteiger partial charge on any atom is -0.373 e. The van der Waals surface area contributed by atoms with E-state index in [2.05, 4.69) is 0 Å². The summed E-state index contributed by atoms with van der Waals surface area (Å²) in [5, 5.41) is 0. The summed E-state index contributed by atoms with van der Waals surface area (Å²) in [6.45, 7) is 0.688. The first-order valence-electron chi connectivity index (χ1n) is 5.71. The minimum absolute atomic E-state index is 0.0437. The van der Waals surface area contributed by atoms with Crippen molar-refractivity contribution in [2.45, 2.75) is 6.42 Å². The molecule has 0 saturated heterocycles. The Hall–Kier alpha value is -1.14. The maximum Gasteiger partial charge on any atom is 0.149 e. The molecule has 1 aromatic rings. The van der Waals surface area contributed by atoms with Gasteiger partial charge in [0.1, 0.15) is 15.7 Å². The van der Waals surface area contributed by atoms with E-state index in [1.807, 2.05) is 0 Å². The summed E-state index contributed by atoms with van der Waals surface area (Å²) < 4.78 is 35.9. The van der Waals surface area contributed by atoms with E-state index in [0.29, 0.717) is 30.8 Å². The van der Waals surface area contributed by atoms with E-state index in [0.717, 1.165) is 0 Å². The zero-order chi connectivity index (χ0) is 13.8. The van der Waals surface area contributed by atoms with Gasteiger partial charge in [0.05, 0.1) is 5.75 Å². The van der Waals surface area contributed by atoms with Gasteiger partial charge in [-0.1, -0.05) is 6.07 Å². The number of benzene rings is 1. The van der Waals surface area contributed by atoms with Crippen LogP contribution in [0.1, 0.15) is 5.56 Å². The minimum atomic E-state index is -3.02. The summed E-state index contributed by atoms with van der Waals surface area (Å²) in [6.07, 6.45) is 1.62. The zero-order valence-corrected chi connectivity index (χ0v) is 11.5. The van der Waals surface area contributed by atoms with E-state index in [9.17, 15) is 12.8 Å². The normalized spacial score (nSPS) is 11.6. The quantitative estimate of drug-likeness (QED) is 0.833. The van der Waals surface area contributed by atoms with E-state index in [1.54, 1.807) is 24.1 Å². The fourth-order valence-electron chi connectivity index (χ4n) is 1.72. The van der Waals surface area contributed by atoms with E-state index < -0.39 is 9.84 Å². The molecule has 6 heteroatoms. The molecule has 4 nitrogen and oxygen atoms in total. The summed E-state index contributed by atoms with van der Waals surface area (Å²) in [5.41, 5.74) is 6.70. The van der Waals surface area contributed by atoms with Crippen molar-refractivity contribution in [1.29, 1.82) is 0 Å². The third kappa shape index (κ3) is 4.27. The molecule has 0 aliphatic carbocycles. The van der Waals surface area contributed by atoms with Crippen molar-refractivity contribution in [3.8, 4) is 0 Å². The van der Waals surface area contributed by atoms with Crippen molar-refractivity contribution in [2.75, 3.05) is 37.0 Å². The first-order valence-corrected chi connectivity index (χ1v) is 7.77. The highest BCUT2D eigenvalue weighted by Crippen LogP contribution is 2.22. The fourth-order valence-corrected chi connectivity index (χ4v) is 2.33. The fraction of sp³-hybridized carbons (Fsp3) is 0.500. The maximum absolute atomic E-state index is 13.7. The summed E-state index contributed by atoms with van der Waals surface area (Å²) in [6, 6.07) is 4.77. The van der Waals surface area contributed by atoms with Crippen molar-refractivity contribution in [1.82, 2.24) is 0 Å². The van der Waals surface area contributed by atoms with Gasteiger partial charge in [-0.15, -0.1) is 0 Å². The van der Waals surface area contributed by atoms with Gasteiger partial charge in [0.2, 0.25) is 0 Å². The highest BCUT2D eigenvalue weighted by molar-refractivity contribution is 7.90. The molecule has 0 atom stereocenters. The van der Waals surface area contributed by atoms with Crippen molar-refractivity contribution in [3.05, 3.63) is 29.6 Å². The number of halogens is 1. The molecule has 0 radical (unpaired) electrons. The van der Waals surface area contributed by atoms with Crippen LogP contribution in [0.15, 0.2) is 18.2 Å². The van der Waals surface area contributed by atoms with Crippen LogP contribution >= 0.6 is 0 Å². The Labute approximate surface area is 108 Å². The van der Waals surface area contributed by atoms with Crippen LogP contribution in [0.2, 0.25) is 0 Å². The second kappa shape index (κ2) is 6.15. The van der Waals surface area contributed by atoms with Gasteiger partial charge in [0.15, 0.2) is 0 Å². The van der Waals surface area contributed by atoms with Gasteiger partial charge >= 0.3 is 0 Å². The Morgan fingerprint density at radius 1 is 1.39 bits per heavy atom. The lowest BCUT2D eigenvalue weighted by atomic mass is 10.1. The largest absolute Gasteiger partial charge is 0.373 e. The standard InChI is InChI=1S/C12H19FN2O2S/c1-15(8-9-18(2,16)17)12-5-3-4-11(13)10(12)6-7-14/h3-5H,6-9,14H2,1-2H3. The predicted molar refractivity (Wildman–Crippen MR) is 72.1 cm³/mol. The van der Waals surface area contributed by atoms with Crippen LogP contribution in [0.5, 0.6) is 0 Å². The lowest BCUT2D eigenvalue weighted by molar-refractivity contribution is 0.600. The summed E-state index contributed by atoms with van der Waals surface area (Å²) in [7, 11) is -1.27. The Balaban J connectivity index is 2.91. The first kappa shape index (κ1) is 14.9. The molecular weight excluding hydrogens is 255 g/mol. The topological polar surface area (TPSA) is 63.4 Å². The molecule has 0 saturated carbocycles. The smallest absolute Gasteiger partial charge is 0.149 e. The maximum atomic E-state index is 13.7. The van der Waals surface area contributed by atoms with Crippen molar-refractivity contribution >= 4 is 15.5 Å². The molecule has 0 amide bonds. The Morgan fingerprint density at radius 2 is 2.06 bits per heavy atom. The zero-order valence-electron chi connectivity index (χ0n) is 10.7. The van der Waals surface area contributed by atoms with Crippen LogP contribution in [0, 0.1) is 5.82 Å². The molecule has 18 heavy (non-hydrogen) atoms. The first-order chi connectivity index (χ1) is 8.35. The van der Waals surface area contributed by atoms with Crippen LogP contribution in [-0.2, 0) is 16.3 Å². The Kier molecular flexibility index (Phi) is 5.10. The molecule has 0 unspecified atom stereocenters. The van der Waals surface area contributed by atoms with Gasteiger partial charge in [-0.3, -0.25) is 0 Å². The lowest BCUT2D eigenvalue weighted by Gasteiger charge is -2.22. The second-order valence-electron chi connectivity index (χ2n) is 4.33. The molecule has 0 bridgehead atoms. The third-order valence-electron chi connectivity index (χ3n) is 2.70. The van der Waals surface area contributed by atoms with Crippen LogP contribution < -0.4 is 10.6 Å². The molecule has 0 aliphatic rings. The molecule has 0 aromatic heterocycles. The molecular formula is C12H19FN2O2S. The molecule has 0 fully saturated rings. The highest BCUT2D eigenvalue weighted by Gasteiger charge is 2.12. The monoisotopic (exact) mass is 274 g/mol. The molecule has 1 aromatic carbocycles. The molecule has 0 aliphatic heterocycles. The number of sulfone groups is 1. The SMILES string of the molecule is CN(CCS(C)(=O)=O)c1cccc(F)c1CCN. The Morgan fingerprint density at radius 3 is 2.61 bits per heavy atom. The third-order valence-corrected chi connectivity index (χ3v) is 3.62. The number of nitrogens with zero attached hydrogens (tertiary/aromatic N) is 1. The number of nitrogens with two attached hydrogens (primary N) is 1. The van der Waals surface area contributed by atoms with Gasteiger partial charge < -0.3 is 10.6 Å². The van der Waals surface area contributed by atoms with Gasteiger partial charge in [-0.25, -0.2) is 12.8 Å². The van der Waals surface area contributed by atoms with Gasteiger partial charge in [0.25, 0.3) is 0 Å². The average Bonchev–Trinajstić information content (AvgIpc) is 2.28. The number of rotatable bonds is 6. The molecule has 2 N–H and O–H groups in total. The lowest BCUT2D eigenvalue weighted by Crippen LogP contribution is -2.26.